The van der Waals surface area contributed by atoms with Crippen LogP contribution in [0.5, 0.6) is 11.5 Å². The molecule has 0 aliphatic carbocycles. The monoisotopic (exact) mass is 440 g/mol. The van der Waals surface area contributed by atoms with Crippen LogP contribution < -0.4 is 20.3 Å². The Kier molecular flexibility index (Phi) is 6.41. The molecule has 1 aromatic carbocycles. The van der Waals surface area contributed by atoms with Gasteiger partial charge in [0.15, 0.2) is 22.3 Å². The van der Waals surface area contributed by atoms with E-state index in [1.807, 2.05) is 38.1 Å². The molecule has 0 saturated heterocycles. The fraction of sp³-hybridized carbons (Fsp3) is 0.364. The van der Waals surface area contributed by atoms with Gasteiger partial charge in [-0.2, -0.15) is 0 Å². The van der Waals surface area contributed by atoms with Crippen LogP contribution in [0.4, 0.5) is 0 Å². The second-order valence-corrected chi connectivity index (χ2v) is 8.61. The van der Waals surface area contributed by atoms with Gasteiger partial charge < -0.3 is 14.8 Å². The summed E-state index contributed by atoms with van der Waals surface area (Å²) >= 11 is 1.23. The Morgan fingerprint density at radius 1 is 1.26 bits per heavy atom. The number of hydrogen-bond acceptors (Lipinski definition) is 7. The number of aromatic nitrogens is 3. The number of amides is 1. The number of hydrogen-bond donors (Lipinski definition) is 1. The van der Waals surface area contributed by atoms with E-state index in [9.17, 15) is 9.59 Å². The second kappa shape index (κ2) is 9.38. The number of rotatable bonds is 7. The molecule has 3 heterocycles. The van der Waals surface area contributed by atoms with Gasteiger partial charge >= 0.3 is 0 Å². The van der Waals surface area contributed by atoms with Crippen LogP contribution in [0.2, 0.25) is 0 Å². The van der Waals surface area contributed by atoms with E-state index in [4.69, 9.17) is 9.47 Å². The van der Waals surface area contributed by atoms with Gasteiger partial charge in [0.2, 0.25) is 5.91 Å². The van der Waals surface area contributed by atoms with E-state index in [-0.39, 0.29) is 29.2 Å². The Labute approximate surface area is 184 Å². The van der Waals surface area contributed by atoms with Gasteiger partial charge in [0, 0.05) is 12.7 Å². The van der Waals surface area contributed by atoms with Crippen molar-refractivity contribution in [1.82, 2.24) is 19.9 Å². The first-order chi connectivity index (χ1) is 15.0. The van der Waals surface area contributed by atoms with Crippen LogP contribution in [0, 0.1) is 5.92 Å². The number of pyridine rings is 1. The zero-order chi connectivity index (χ0) is 21.8. The third kappa shape index (κ3) is 4.99. The minimum atomic E-state index is -0.258. The molecule has 4 rings (SSSR count). The summed E-state index contributed by atoms with van der Waals surface area (Å²) < 4.78 is 13.2. The van der Waals surface area contributed by atoms with E-state index in [2.05, 4.69) is 15.3 Å². The molecular weight excluding hydrogens is 416 g/mol. The van der Waals surface area contributed by atoms with E-state index < -0.39 is 0 Å². The normalized spacial score (nSPS) is 15.3. The predicted octanol–water partition coefficient (Wildman–Crippen LogP) is 2.50. The minimum Gasteiger partial charge on any atom is -0.486 e. The lowest BCUT2D eigenvalue weighted by atomic mass is 10.2. The number of ether oxygens (including phenoxy) is 2. The molecule has 0 saturated carbocycles. The first-order valence-corrected chi connectivity index (χ1v) is 11.1. The van der Waals surface area contributed by atoms with Gasteiger partial charge in [0.05, 0.1) is 17.7 Å². The van der Waals surface area contributed by atoms with Crippen molar-refractivity contribution < 1.29 is 14.3 Å². The van der Waals surface area contributed by atoms with Crippen LogP contribution in [-0.2, 0) is 11.3 Å². The van der Waals surface area contributed by atoms with E-state index in [1.54, 1.807) is 22.9 Å². The van der Waals surface area contributed by atoms with Gasteiger partial charge in [0.1, 0.15) is 12.7 Å². The van der Waals surface area contributed by atoms with Crippen molar-refractivity contribution >= 4 is 28.7 Å². The molecule has 3 aromatic rings. The maximum atomic E-state index is 12.9. The summed E-state index contributed by atoms with van der Waals surface area (Å²) in [7, 11) is 0. The van der Waals surface area contributed by atoms with Crippen molar-refractivity contribution in [2.45, 2.75) is 31.7 Å². The molecule has 0 fully saturated rings. The Hall–Kier alpha value is -3.07. The number of para-hydroxylation sites is 2. The zero-order valence-corrected chi connectivity index (χ0v) is 18.2. The average molecular weight is 441 g/mol. The Morgan fingerprint density at radius 3 is 2.87 bits per heavy atom. The lowest BCUT2D eigenvalue weighted by molar-refractivity contribution is -0.119. The van der Waals surface area contributed by atoms with Gasteiger partial charge in [-0.05, 0) is 30.2 Å². The van der Waals surface area contributed by atoms with Gasteiger partial charge in [-0.3, -0.25) is 14.2 Å². The zero-order valence-electron chi connectivity index (χ0n) is 17.4. The lowest BCUT2D eigenvalue weighted by Gasteiger charge is -2.26. The molecule has 1 N–H and O–H groups in total. The molecule has 1 aliphatic rings. The standard InChI is InChI=1S/C22H24N4O4S/c1-14(2)11-26-21(28)16-6-5-9-23-20(16)25-22(26)31-13-19(27)24-10-15-12-29-17-7-3-4-8-18(17)30-15/h3-9,14-15H,10-13H2,1-2H3,(H,24,27)/t15-/m1/s1. The highest BCUT2D eigenvalue weighted by molar-refractivity contribution is 7.99. The average Bonchev–Trinajstić information content (AvgIpc) is 2.78. The number of benzene rings is 1. The molecule has 0 spiro atoms. The SMILES string of the molecule is CC(C)Cn1c(SCC(=O)NC[C@@H]2COc3ccccc3O2)nc2ncccc2c1=O. The minimum absolute atomic E-state index is 0.132. The number of thioether (sulfide) groups is 1. The molecule has 0 unspecified atom stereocenters. The topological polar surface area (TPSA) is 95.3 Å². The summed E-state index contributed by atoms with van der Waals surface area (Å²) in [6.45, 7) is 5.29. The van der Waals surface area contributed by atoms with Crippen LogP contribution in [0.3, 0.4) is 0 Å². The highest BCUT2D eigenvalue weighted by atomic mass is 32.2. The van der Waals surface area contributed by atoms with Crippen LogP contribution in [0.25, 0.3) is 11.0 Å². The summed E-state index contributed by atoms with van der Waals surface area (Å²) in [5, 5.41) is 3.84. The number of carbonyl (C=O) groups excluding carboxylic acids is 1. The number of nitrogens with one attached hydrogen (secondary N) is 1. The van der Waals surface area contributed by atoms with E-state index in [0.29, 0.717) is 47.4 Å². The fourth-order valence-electron chi connectivity index (χ4n) is 3.25. The van der Waals surface area contributed by atoms with E-state index >= 15 is 0 Å². The summed E-state index contributed by atoms with van der Waals surface area (Å²) in [5.74, 6) is 1.60. The van der Waals surface area contributed by atoms with Crippen LogP contribution in [0.15, 0.2) is 52.5 Å². The van der Waals surface area contributed by atoms with Crippen molar-refractivity contribution in [3.8, 4) is 11.5 Å². The van der Waals surface area contributed by atoms with E-state index in [1.165, 1.54) is 11.8 Å². The molecule has 2 aromatic heterocycles. The Morgan fingerprint density at radius 2 is 2.06 bits per heavy atom. The van der Waals surface area contributed by atoms with Crippen molar-refractivity contribution in [2.24, 2.45) is 5.92 Å². The molecule has 162 valence electrons. The molecule has 8 nitrogen and oxygen atoms in total. The van der Waals surface area contributed by atoms with E-state index in [0.717, 1.165) is 0 Å². The smallest absolute Gasteiger partial charge is 0.263 e. The first-order valence-electron chi connectivity index (χ1n) is 10.1. The third-order valence-electron chi connectivity index (χ3n) is 4.67. The molecule has 1 atom stereocenters. The molecule has 1 amide bonds. The molecule has 0 bridgehead atoms. The number of carbonyl (C=O) groups is 1. The highest BCUT2D eigenvalue weighted by Crippen LogP contribution is 2.30. The molecule has 9 heteroatoms. The quantitative estimate of drug-likeness (QED) is 0.445. The van der Waals surface area contributed by atoms with Crippen LogP contribution in [-0.4, -0.2) is 45.5 Å². The molecule has 31 heavy (non-hydrogen) atoms. The fourth-order valence-corrected chi connectivity index (χ4v) is 4.07. The molecule has 1 aliphatic heterocycles. The summed E-state index contributed by atoms with van der Waals surface area (Å²) in [4.78, 5) is 34.1. The van der Waals surface area contributed by atoms with Gasteiger partial charge in [0.25, 0.3) is 5.56 Å². The lowest BCUT2D eigenvalue weighted by Crippen LogP contribution is -2.41. The van der Waals surface area contributed by atoms with Crippen molar-refractivity contribution in [2.75, 3.05) is 18.9 Å². The van der Waals surface area contributed by atoms with Gasteiger partial charge in [-0.1, -0.05) is 37.7 Å². The predicted molar refractivity (Wildman–Crippen MR) is 119 cm³/mol. The van der Waals surface area contributed by atoms with Crippen LogP contribution >= 0.6 is 11.8 Å². The van der Waals surface area contributed by atoms with Crippen molar-refractivity contribution in [3.63, 3.8) is 0 Å². The van der Waals surface area contributed by atoms with Gasteiger partial charge in [-0.25, -0.2) is 9.97 Å². The summed E-state index contributed by atoms with van der Waals surface area (Å²) in [6.07, 6.45) is 1.35. The number of nitrogens with zero attached hydrogens (tertiary/aromatic N) is 3. The van der Waals surface area contributed by atoms with Crippen molar-refractivity contribution in [3.05, 3.63) is 52.9 Å². The first kappa shape index (κ1) is 21.2. The summed E-state index contributed by atoms with van der Waals surface area (Å²) in [5.41, 5.74) is 0.253. The highest BCUT2D eigenvalue weighted by Gasteiger charge is 2.21. The van der Waals surface area contributed by atoms with Crippen molar-refractivity contribution in [1.29, 1.82) is 0 Å². The maximum Gasteiger partial charge on any atom is 0.263 e. The largest absolute Gasteiger partial charge is 0.486 e. The number of fused-ring (bicyclic) bond motifs is 2. The van der Waals surface area contributed by atoms with Gasteiger partial charge in [-0.15, -0.1) is 0 Å². The third-order valence-corrected chi connectivity index (χ3v) is 5.65. The molecular formula is C22H24N4O4S. The Bertz CT molecular complexity index is 1150. The van der Waals surface area contributed by atoms with Crippen LogP contribution in [0.1, 0.15) is 13.8 Å². The summed E-state index contributed by atoms with van der Waals surface area (Å²) in [6, 6.07) is 10.9. The molecule has 0 radical (unpaired) electrons. The Balaban J connectivity index is 1.39. The second-order valence-electron chi connectivity index (χ2n) is 7.67. The maximum absolute atomic E-state index is 12.9.